The van der Waals surface area contributed by atoms with Crippen LogP contribution in [-0.2, 0) is 17.8 Å². The topological polar surface area (TPSA) is 42.4 Å². The Morgan fingerprint density at radius 3 is 2.81 bits per heavy atom. The van der Waals surface area contributed by atoms with E-state index in [0.717, 1.165) is 17.0 Å². The van der Waals surface area contributed by atoms with Gasteiger partial charge >= 0.3 is 0 Å². The number of carbonyl (C=O) groups is 1. The Kier molecular flexibility index (Phi) is 5.32. The quantitative estimate of drug-likeness (QED) is 0.819. The Balaban J connectivity index is 1.86. The molecular weight excluding hydrogens is 264 g/mol. The molecule has 2 rings (SSSR count). The molecule has 0 fully saturated rings. The lowest BCUT2D eigenvalue weighted by atomic mass is 10.1. The van der Waals surface area contributed by atoms with Gasteiger partial charge in [0.15, 0.2) is 0 Å². The van der Waals surface area contributed by atoms with Crippen LogP contribution in [-0.4, -0.2) is 29.9 Å². The van der Waals surface area contributed by atoms with Gasteiger partial charge in [0.25, 0.3) is 0 Å². The van der Waals surface area contributed by atoms with Gasteiger partial charge in [-0.1, -0.05) is 18.2 Å². The van der Waals surface area contributed by atoms with Crippen LogP contribution in [0.3, 0.4) is 0 Å². The highest BCUT2D eigenvalue weighted by molar-refractivity contribution is 5.76. The van der Waals surface area contributed by atoms with Crippen molar-refractivity contribution in [3.05, 3.63) is 59.9 Å². The molecule has 2 aromatic rings. The van der Waals surface area contributed by atoms with E-state index in [0.29, 0.717) is 19.4 Å². The molecular formula is C17H20N2O2. The van der Waals surface area contributed by atoms with Crippen molar-refractivity contribution in [1.82, 2.24) is 9.88 Å². The number of amides is 1. The summed E-state index contributed by atoms with van der Waals surface area (Å²) in [6.07, 6.45) is 2.93. The van der Waals surface area contributed by atoms with E-state index in [2.05, 4.69) is 4.98 Å². The van der Waals surface area contributed by atoms with E-state index >= 15 is 0 Å². The second kappa shape index (κ2) is 7.43. The maximum Gasteiger partial charge on any atom is 0.222 e. The van der Waals surface area contributed by atoms with Crippen molar-refractivity contribution in [1.29, 1.82) is 0 Å². The van der Waals surface area contributed by atoms with Crippen LogP contribution in [0, 0.1) is 0 Å². The van der Waals surface area contributed by atoms with Crippen molar-refractivity contribution in [2.75, 3.05) is 14.2 Å². The molecule has 1 heterocycles. The lowest BCUT2D eigenvalue weighted by molar-refractivity contribution is -0.130. The van der Waals surface area contributed by atoms with Gasteiger partial charge in [0.2, 0.25) is 5.91 Å². The van der Waals surface area contributed by atoms with Crippen LogP contribution in [0.4, 0.5) is 0 Å². The van der Waals surface area contributed by atoms with Crippen LogP contribution in [0.15, 0.2) is 48.7 Å². The van der Waals surface area contributed by atoms with Crippen LogP contribution in [0.25, 0.3) is 0 Å². The van der Waals surface area contributed by atoms with Crippen molar-refractivity contribution in [2.24, 2.45) is 0 Å². The van der Waals surface area contributed by atoms with Gasteiger partial charge in [-0.25, -0.2) is 0 Å². The molecule has 0 aliphatic heterocycles. The lowest BCUT2D eigenvalue weighted by Crippen LogP contribution is -2.26. The number of rotatable bonds is 6. The summed E-state index contributed by atoms with van der Waals surface area (Å²) in [5, 5.41) is 0. The fraction of sp³-hybridized carbons (Fsp3) is 0.294. The molecule has 4 heteroatoms. The van der Waals surface area contributed by atoms with E-state index < -0.39 is 0 Å². The minimum absolute atomic E-state index is 0.114. The van der Waals surface area contributed by atoms with E-state index in [9.17, 15) is 4.79 Å². The number of carbonyl (C=O) groups excluding carboxylic acids is 1. The molecule has 0 N–H and O–H groups in total. The molecule has 0 saturated heterocycles. The van der Waals surface area contributed by atoms with Crippen LogP contribution in [0.2, 0.25) is 0 Å². The van der Waals surface area contributed by atoms with E-state index in [1.807, 2.05) is 49.5 Å². The SMILES string of the molecule is COc1cccc(CCC(=O)N(C)Cc2ccccn2)c1. The average molecular weight is 284 g/mol. The number of hydrogen-bond donors (Lipinski definition) is 0. The Morgan fingerprint density at radius 1 is 1.24 bits per heavy atom. The summed E-state index contributed by atoms with van der Waals surface area (Å²) in [5.74, 6) is 0.935. The highest BCUT2D eigenvalue weighted by Crippen LogP contribution is 2.14. The predicted octanol–water partition coefficient (Wildman–Crippen LogP) is 2.68. The van der Waals surface area contributed by atoms with Gasteiger partial charge in [-0.3, -0.25) is 9.78 Å². The summed E-state index contributed by atoms with van der Waals surface area (Å²) >= 11 is 0. The second-order valence-corrected chi connectivity index (χ2v) is 4.92. The normalized spacial score (nSPS) is 10.2. The number of ether oxygens (including phenoxy) is 1. The minimum Gasteiger partial charge on any atom is -0.497 e. The zero-order valence-corrected chi connectivity index (χ0v) is 12.5. The van der Waals surface area contributed by atoms with E-state index in [1.54, 1.807) is 18.2 Å². The first kappa shape index (κ1) is 15.0. The average Bonchev–Trinajstić information content (AvgIpc) is 2.53. The van der Waals surface area contributed by atoms with Crippen LogP contribution in [0.1, 0.15) is 17.7 Å². The second-order valence-electron chi connectivity index (χ2n) is 4.92. The van der Waals surface area contributed by atoms with Crippen LogP contribution in [0.5, 0.6) is 5.75 Å². The Labute approximate surface area is 125 Å². The molecule has 1 aromatic carbocycles. The number of nitrogens with zero attached hydrogens (tertiary/aromatic N) is 2. The Bertz CT molecular complexity index is 584. The lowest BCUT2D eigenvalue weighted by Gasteiger charge is -2.16. The maximum absolute atomic E-state index is 12.1. The monoisotopic (exact) mass is 284 g/mol. The molecule has 0 unspecified atom stereocenters. The zero-order valence-electron chi connectivity index (χ0n) is 12.5. The van der Waals surface area contributed by atoms with E-state index in [4.69, 9.17) is 4.74 Å². The van der Waals surface area contributed by atoms with Crippen LogP contribution < -0.4 is 4.74 Å². The highest BCUT2D eigenvalue weighted by Gasteiger charge is 2.10. The number of pyridine rings is 1. The van der Waals surface area contributed by atoms with Crippen LogP contribution >= 0.6 is 0 Å². The summed E-state index contributed by atoms with van der Waals surface area (Å²) in [7, 11) is 3.45. The summed E-state index contributed by atoms with van der Waals surface area (Å²) in [6.45, 7) is 0.539. The molecule has 4 nitrogen and oxygen atoms in total. The predicted molar refractivity (Wildman–Crippen MR) is 82.0 cm³/mol. The molecule has 0 spiro atoms. The number of aromatic nitrogens is 1. The number of methoxy groups -OCH3 is 1. The summed E-state index contributed by atoms with van der Waals surface area (Å²) < 4.78 is 5.18. The fourth-order valence-corrected chi connectivity index (χ4v) is 2.09. The molecule has 0 radical (unpaired) electrons. The van der Waals surface area contributed by atoms with Gasteiger partial charge in [0.1, 0.15) is 5.75 Å². The summed E-state index contributed by atoms with van der Waals surface area (Å²) in [5.41, 5.74) is 2.00. The third-order valence-corrected chi connectivity index (χ3v) is 3.31. The van der Waals surface area contributed by atoms with Gasteiger partial charge < -0.3 is 9.64 Å². The fourth-order valence-electron chi connectivity index (χ4n) is 2.09. The van der Waals surface area contributed by atoms with Crippen molar-refractivity contribution in [3.8, 4) is 5.75 Å². The smallest absolute Gasteiger partial charge is 0.222 e. The van der Waals surface area contributed by atoms with Gasteiger partial charge in [-0.2, -0.15) is 0 Å². The molecule has 0 aliphatic rings. The third-order valence-electron chi connectivity index (χ3n) is 3.31. The van der Waals surface area contributed by atoms with Gasteiger partial charge in [0.05, 0.1) is 19.3 Å². The van der Waals surface area contributed by atoms with E-state index in [-0.39, 0.29) is 5.91 Å². The maximum atomic E-state index is 12.1. The Hall–Kier alpha value is -2.36. The van der Waals surface area contributed by atoms with Crippen molar-refractivity contribution >= 4 is 5.91 Å². The number of aryl methyl sites for hydroxylation is 1. The summed E-state index contributed by atoms with van der Waals surface area (Å²) in [6, 6.07) is 13.5. The summed E-state index contributed by atoms with van der Waals surface area (Å²) in [4.78, 5) is 18.1. The van der Waals surface area contributed by atoms with Gasteiger partial charge in [-0.05, 0) is 36.2 Å². The van der Waals surface area contributed by atoms with Crippen molar-refractivity contribution in [2.45, 2.75) is 19.4 Å². The molecule has 21 heavy (non-hydrogen) atoms. The van der Waals surface area contributed by atoms with Gasteiger partial charge in [-0.15, -0.1) is 0 Å². The minimum atomic E-state index is 0.114. The molecule has 0 saturated carbocycles. The molecule has 1 aromatic heterocycles. The highest BCUT2D eigenvalue weighted by atomic mass is 16.5. The van der Waals surface area contributed by atoms with Crippen molar-refractivity contribution in [3.63, 3.8) is 0 Å². The zero-order chi connectivity index (χ0) is 15.1. The first-order chi connectivity index (χ1) is 10.2. The van der Waals surface area contributed by atoms with Gasteiger partial charge in [0, 0.05) is 19.7 Å². The molecule has 110 valence electrons. The largest absolute Gasteiger partial charge is 0.497 e. The molecule has 1 amide bonds. The standard InChI is InChI=1S/C17H20N2O2/c1-19(13-15-7-3-4-11-18-15)17(20)10-9-14-6-5-8-16(12-14)21-2/h3-8,11-12H,9-10,13H2,1-2H3. The number of hydrogen-bond acceptors (Lipinski definition) is 3. The number of benzene rings is 1. The first-order valence-electron chi connectivity index (χ1n) is 6.96. The molecule has 0 aliphatic carbocycles. The molecule has 0 atom stereocenters. The first-order valence-corrected chi connectivity index (χ1v) is 6.96. The Morgan fingerprint density at radius 2 is 2.10 bits per heavy atom. The molecule has 0 bridgehead atoms. The van der Waals surface area contributed by atoms with Crippen molar-refractivity contribution < 1.29 is 9.53 Å². The third kappa shape index (κ3) is 4.60. The van der Waals surface area contributed by atoms with E-state index in [1.165, 1.54) is 0 Å².